The van der Waals surface area contributed by atoms with Crippen LogP contribution in [0.3, 0.4) is 0 Å². The Morgan fingerprint density at radius 3 is 2.13 bits per heavy atom. The summed E-state index contributed by atoms with van der Waals surface area (Å²) in [4.78, 5) is 21.0. The molecule has 0 bridgehead atoms. The number of anilines is 1. The second-order valence-corrected chi connectivity index (χ2v) is 11.7. The Labute approximate surface area is 227 Å². The molecule has 7 nitrogen and oxygen atoms in total. The minimum atomic E-state index is -3.63. The van der Waals surface area contributed by atoms with E-state index in [9.17, 15) is 13.2 Å². The number of aromatic amines is 1. The van der Waals surface area contributed by atoms with Gasteiger partial charge in [0, 0.05) is 30.3 Å². The molecule has 1 saturated heterocycles. The molecule has 2 heterocycles. The van der Waals surface area contributed by atoms with Gasteiger partial charge in [-0.2, -0.15) is 4.31 Å². The molecular weight excluding hydrogens is 508 g/mol. The maximum Gasteiger partial charge on any atom is 0.255 e. The number of hydrogen-bond donors (Lipinski definition) is 2. The molecule has 8 heteroatoms. The van der Waals surface area contributed by atoms with Gasteiger partial charge >= 0.3 is 0 Å². The van der Waals surface area contributed by atoms with Gasteiger partial charge in [-0.15, -0.1) is 0 Å². The number of nitrogens with one attached hydrogen (secondary N) is 2. The summed E-state index contributed by atoms with van der Waals surface area (Å²) in [6.07, 6.45) is 1.41. The fraction of sp³-hybridized carbons (Fsp3) is 0.161. The highest BCUT2D eigenvalue weighted by Gasteiger charge is 2.31. The number of benzene rings is 4. The molecule has 0 unspecified atom stereocenters. The summed E-state index contributed by atoms with van der Waals surface area (Å²) in [6, 6.07) is 31.6. The average Bonchev–Trinajstić information content (AvgIpc) is 3.43. The molecule has 1 aliphatic rings. The molecule has 1 aromatic heterocycles. The zero-order valence-electron chi connectivity index (χ0n) is 21.2. The molecule has 0 spiro atoms. The second kappa shape index (κ2) is 10.5. The van der Waals surface area contributed by atoms with E-state index in [1.807, 2.05) is 66.7 Å². The van der Waals surface area contributed by atoms with Crippen molar-refractivity contribution in [2.24, 2.45) is 0 Å². The zero-order valence-corrected chi connectivity index (χ0v) is 22.1. The molecule has 2 N–H and O–H groups in total. The van der Waals surface area contributed by atoms with Crippen molar-refractivity contribution in [3.63, 3.8) is 0 Å². The first-order chi connectivity index (χ1) is 19.0. The summed E-state index contributed by atoms with van der Waals surface area (Å²) < 4.78 is 28.1. The van der Waals surface area contributed by atoms with Crippen LogP contribution in [0.4, 0.5) is 5.69 Å². The molecule has 1 amide bonds. The third kappa shape index (κ3) is 5.21. The Morgan fingerprint density at radius 2 is 1.44 bits per heavy atom. The number of H-pyrrole nitrogens is 1. The van der Waals surface area contributed by atoms with E-state index in [1.54, 1.807) is 36.4 Å². The maximum absolute atomic E-state index is 13.3. The number of aromatic nitrogens is 2. The number of para-hydroxylation sites is 2. The van der Waals surface area contributed by atoms with Gasteiger partial charge in [-0.3, -0.25) is 4.79 Å². The van der Waals surface area contributed by atoms with Gasteiger partial charge in [-0.05, 0) is 72.5 Å². The van der Waals surface area contributed by atoms with E-state index in [4.69, 9.17) is 4.98 Å². The summed E-state index contributed by atoms with van der Waals surface area (Å²) >= 11 is 0. The quantitative estimate of drug-likeness (QED) is 0.276. The van der Waals surface area contributed by atoms with E-state index in [1.165, 1.54) is 4.31 Å². The van der Waals surface area contributed by atoms with Crippen LogP contribution in [0.1, 0.15) is 34.9 Å². The van der Waals surface area contributed by atoms with Crippen LogP contribution in [-0.4, -0.2) is 41.7 Å². The molecule has 39 heavy (non-hydrogen) atoms. The number of carbonyl (C=O) groups is 1. The Bertz CT molecular complexity index is 1670. The Balaban J connectivity index is 1.08. The third-order valence-corrected chi connectivity index (χ3v) is 9.17. The van der Waals surface area contributed by atoms with Gasteiger partial charge in [0.1, 0.15) is 5.82 Å². The highest BCUT2D eigenvalue weighted by atomic mass is 32.2. The van der Waals surface area contributed by atoms with Crippen LogP contribution in [0.5, 0.6) is 0 Å². The predicted octanol–water partition coefficient (Wildman–Crippen LogP) is 6.05. The van der Waals surface area contributed by atoms with Crippen molar-refractivity contribution in [2.75, 3.05) is 18.4 Å². The topological polar surface area (TPSA) is 95.2 Å². The summed E-state index contributed by atoms with van der Waals surface area (Å²) in [5.41, 5.74) is 5.11. The maximum atomic E-state index is 13.3. The van der Waals surface area contributed by atoms with Crippen LogP contribution in [0, 0.1) is 0 Å². The fourth-order valence-electron chi connectivity index (χ4n) is 5.04. The van der Waals surface area contributed by atoms with Gasteiger partial charge in [0.25, 0.3) is 5.91 Å². The summed E-state index contributed by atoms with van der Waals surface area (Å²) in [7, 11) is -3.63. The molecule has 0 aliphatic carbocycles. The van der Waals surface area contributed by atoms with Gasteiger partial charge in [0.05, 0.1) is 15.9 Å². The van der Waals surface area contributed by atoms with Gasteiger partial charge in [0.15, 0.2) is 0 Å². The van der Waals surface area contributed by atoms with Crippen molar-refractivity contribution >= 4 is 32.7 Å². The number of nitrogens with zero attached hydrogens (tertiary/aromatic N) is 2. The van der Waals surface area contributed by atoms with Crippen LogP contribution in [-0.2, 0) is 10.0 Å². The van der Waals surface area contributed by atoms with Gasteiger partial charge < -0.3 is 10.3 Å². The highest BCUT2D eigenvalue weighted by molar-refractivity contribution is 7.89. The van der Waals surface area contributed by atoms with Crippen LogP contribution >= 0.6 is 0 Å². The van der Waals surface area contributed by atoms with Crippen molar-refractivity contribution in [2.45, 2.75) is 23.7 Å². The van der Waals surface area contributed by atoms with Crippen LogP contribution in [0.2, 0.25) is 0 Å². The van der Waals surface area contributed by atoms with Crippen molar-refractivity contribution in [3.05, 3.63) is 115 Å². The smallest absolute Gasteiger partial charge is 0.255 e. The largest absolute Gasteiger partial charge is 0.342 e. The normalized spacial score (nSPS) is 14.9. The van der Waals surface area contributed by atoms with Gasteiger partial charge in [-0.1, -0.05) is 54.6 Å². The van der Waals surface area contributed by atoms with Crippen molar-refractivity contribution in [1.29, 1.82) is 0 Å². The number of fused-ring (bicyclic) bond motifs is 1. The second-order valence-electron chi connectivity index (χ2n) is 9.74. The SMILES string of the molecule is O=C(Nc1ccc(S(=O)(=O)N2CCC(c3nc4ccccc4[nH]3)CC2)cc1)c1ccc(-c2ccccc2)cc1. The van der Waals surface area contributed by atoms with Crippen molar-refractivity contribution in [1.82, 2.24) is 14.3 Å². The first kappa shape index (κ1) is 25.0. The minimum Gasteiger partial charge on any atom is -0.342 e. The van der Waals surface area contributed by atoms with E-state index in [0.717, 1.165) is 28.0 Å². The number of imidazole rings is 1. The van der Waals surface area contributed by atoms with Crippen molar-refractivity contribution < 1.29 is 13.2 Å². The van der Waals surface area contributed by atoms with E-state index in [2.05, 4.69) is 10.3 Å². The molecular formula is C31H28N4O3S. The summed E-state index contributed by atoms with van der Waals surface area (Å²) in [5.74, 6) is 0.865. The lowest BCUT2D eigenvalue weighted by Crippen LogP contribution is -2.38. The highest BCUT2D eigenvalue weighted by Crippen LogP contribution is 2.31. The number of amides is 1. The first-order valence-electron chi connectivity index (χ1n) is 13.0. The number of rotatable bonds is 6. The van der Waals surface area contributed by atoms with Crippen LogP contribution < -0.4 is 5.32 Å². The van der Waals surface area contributed by atoms with E-state index in [-0.39, 0.29) is 16.7 Å². The monoisotopic (exact) mass is 536 g/mol. The predicted molar refractivity (Wildman–Crippen MR) is 153 cm³/mol. The molecule has 6 rings (SSSR count). The Kier molecular flexibility index (Phi) is 6.72. The molecule has 4 aromatic carbocycles. The minimum absolute atomic E-state index is 0.197. The van der Waals surface area contributed by atoms with E-state index >= 15 is 0 Å². The van der Waals surface area contributed by atoms with E-state index in [0.29, 0.717) is 37.2 Å². The number of sulfonamides is 1. The molecule has 1 fully saturated rings. The third-order valence-electron chi connectivity index (χ3n) is 7.25. The van der Waals surface area contributed by atoms with Gasteiger partial charge in [-0.25, -0.2) is 13.4 Å². The molecule has 1 aliphatic heterocycles. The lowest BCUT2D eigenvalue weighted by molar-refractivity contribution is 0.102. The summed E-state index contributed by atoms with van der Waals surface area (Å²) in [5, 5.41) is 2.85. The number of piperidine rings is 1. The lowest BCUT2D eigenvalue weighted by atomic mass is 9.97. The van der Waals surface area contributed by atoms with Gasteiger partial charge in [0.2, 0.25) is 10.0 Å². The number of hydrogen-bond acceptors (Lipinski definition) is 4. The van der Waals surface area contributed by atoms with Crippen molar-refractivity contribution in [3.8, 4) is 11.1 Å². The molecule has 0 atom stereocenters. The Morgan fingerprint density at radius 1 is 0.795 bits per heavy atom. The molecule has 5 aromatic rings. The number of carbonyl (C=O) groups excluding carboxylic acids is 1. The standard InChI is InChI=1S/C31H28N4O3S/c36-31(25-12-10-23(11-13-25)22-6-2-1-3-7-22)32-26-14-16-27(17-15-26)39(37,38)35-20-18-24(19-21-35)30-33-28-8-4-5-9-29(28)34-30/h1-17,24H,18-21H2,(H,32,36)(H,33,34). The molecule has 0 radical (unpaired) electrons. The first-order valence-corrected chi connectivity index (χ1v) is 14.4. The lowest BCUT2D eigenvalue weighted by Gasteiger charge is -2.30. The average molecular weight is 537 g/mol. The van der Waals surface area contributed by atoms with E-state index < -0.39 is 10.0 Å². The zero-order chi connectivity index (χ0) is 26.8. The van der Waals surface area contributed by atoms with Crippen LogP contribution in [0.15, 0.2) is 108 Å². The Hall–Kier alpha value is -4.27. The molecule has 0 saturated carbocycles. The molecule has 196 valence electrons. The fourth-order valence-corrected chi connectivity index (χ4v) is 6.51. The summed E-state index contributed by atoms with van der Waals surface area (Å²) in [6.45, 7) is 0.864. The van der Waals surface area contributed by atoms with Crippen LogP contribution in [0.25, 0.3) is 22.2 Å².